The zero-order chi connectivity index (χ0) is 13.1. The highest BCUT2D eigenvalue weighted by atomic mass is 35.5. The third-order valence-corrected chi connectivity index (χ3v) is 4.03. The standard InChI is InChI=1S/C12H10Cl2N2OS/c1-2-16-6-5-15-11(12(16)17)18-10-7-8(13)3-4-9(10)14/h3-7H,2H2,1H3. The van der Waals surface area contributed by atoms with Gasteiger partial charge < -0.3 is 4.57 Å². The van der Waals surface area contributed by atoms with Gasteiger partial charge in [-0.05, 0) is 25.1 Å². The summed E-state index contributed by atoms with van der Waals surface area (Å²) in [4.78, 5) is 16.8. The van der Waals surface area contributed by atoms with Gasteiger partial charge in [-0.1, -0.05) is 35.0 Å². The molecule has 2 aromatic rings. The summed E-state index contributed by atoms with van der Waals surface area (Å²) in [6, 6.07) is 5.13. The van der Waals surface area contributed by atoms with Gasteiger partial charge in [0.25, 0.3) is 5.56 Å². The number of nitrogens with zero attached hydrogens (tertiary/aromatic N) is 2. The van der Waals surface area contributed by atoms with Crippen LogP contribution in [0.5, 0.6) is 0 Å². The first-order valence-electron chi connectivity index (χ1n) is 5.30. The van der Waals surface area contributed by atoms with Crippen LogP contribution >= 0.6 is 35.0 Å². The Bertz CT molecular complexity index is 628. The van der Waals surface area contributed by atoms with Gasteiger partial charge in [-0.3, -0.25) is 4.79 Å². The van der Waals surface area contributed by atoms with Crippen LogP contribution in [0.25, 0.3) is 0 Å². The van der Waals surface area contributed by atoms with Gasteiger partial charge in [-0.25, -0.2) is 4.98 Å². The Morgan fingerprint density at radius 3 is 2.89 bits per heavy atom. The lowest BCUT2D eigenvalue weighted by Gasteiger charge is -2.06. The van der Waals surface area contributed by atoms with Crippen molar-refractivity contribution in [3.63, 3.8) is 0 Å². The van der Waals surface area contributed by atoms with E-state index in [9.17, 15) is 4.79 Å². The minimum absolute atomic E-state index is 0.124. The number of hydrogen-bond donors (Lipinski definition) is 0. The first-order chi connectivity index (χ1) is 8.61. The molecular formula is C12H10Cl2N2OS. The van der Waals surface area contributed by atoms with Gasteiger partial charge in [0.1, 0.15) is 0 Å². The lowest BCUT2D eigenvalue weighted by atomic mass is 10.4. The fourth-order valence-electron chi connectivity index (χ4n) is 1.41. The predicted octanol–water partition coefficient (Wildman–Crippen LogP) is 3.72. The normalized spacial score (nSPS) is 10.6. The molecule has 1 aromatic carbocycles. The number of rotatable bonds is 3. The molecule has 0 radical (unpaired) electrons. The van der Waals surface area contributed by atoms with Gasteiger partial charge in [-0.2, -0.15) is 0 Å². The molecule has 1 heterocycles. The maximum Gasteiger partial charge on any atom is 0.283 e. The molecule has 0 N–H and O–H groups in total. The first-order valence-corrected chi connectivity index (χ1v) is 6.87. The predicted molar refractivity (Wildman–Crippen MR) is 74.8 cm³/mol. The van der Waals surface area contributed by atoms with Gasteiger partial charge in [0.2, 0.25) is 0 Å². The van der Waals surface area contributed by atoms with E-state index in [1.54, 1.807) is 35.2 Å². The summed E-state index contributed by atoms with van der Waals surface area (Å²) in [5.41, 5.74) is -0.124. The molecule has 2 rings (SSSR count). The molecule has 0 fully saturated rings. The lowest BCUT2D eigenvalue weighted by Crippen LogP contribution is -2.20. The van der Waals surface area contributed by atoms with Crippen molar-refractivity contribution in [1.82, 2.24) is 9.55 Å². The van der Waals surface area contributed by atoms with Crippen molar-refractivity contribution in [1.29, 1.82) is 0 Å². The second-order valence-electron chi connectivity index (χ2n) is 3.50. The molecule has 0 spiro atoms. The van der Waals surface area contributed by atoms with E-state index in [1.807, 2.05) is 6.92 Å². The van der Waals surface area contributed by atoms with Crippen LogP contribution in [0.2, 0.25) is 10.0 Å². The highest BCUT2D eigenvalue weighted by molar-refractivity contribution is 7.99. The molecule has 0 bridgehead atoms. The van der Waals surface area contributed by atoms with Gasteiger partial charge in [0.05, 0.1) is 5.02 Å². The highest BCUT2D eigenvalue weighted by Crippen LogP contribution is 2.32. The Balaban J connectivity index is 2.40. The average molecular weight is 301 g/mol. The molecule has 0 saturated heterocycles. The summed E-state index contributed by atoms with van der Waals surface area (Å²) < 4.78 is 1.59. The molecule has 1 aromatic heterocycles. The topological polar surface area (TPSA) is 34.9 Å². The molecule has 0 saturated carbocycles. The summed E-state index contributed by atoms with van der Waals surface area (Å²) in [6.07, 6.45) is 3.26. The Labute approximate surface area is 119 Å². The summed E-state index contributed by atoms with van der Waals surface area (Å²) >= 11 is 13.2. The van der Waals surface area contributed by atoms with E-state index in [0.29, 0.717) is 21.6 Å². The number of halogens is 2. The average Bonchev–Trinajstić information content (AvgIpc) is 2.36. The largest absolute Gasteiger partial charge is 0.312 e. The quantitative estimate of drug-likeness (QED) is 0.866. The van der Waals surface area contributed by atoms with Crippen LogP contribution in [-0.4, -0.2) is 9.55 Å². The fourth-order valence-corrected chi connectivity index (χ4v) is 2.75. The molecule has 18 heavy (non-hydrogen) atoms. The van der Waals surface area contributed by atoms with Gasteiger partial charge in [0.15, 0.2) is 5.03 Å². The number of aryl methyl sites for hydroxylation is 1. The third kappa shape index (κ3) is 2.88. The van der Waals surface area contributed by atoms with Crippen molar-refractivity contribution in [2.45, 2.75) is 23.4 Å². The molecular weight excluding hydrogens is 291 g/mol. The second-order valence-corrected chi connectivity index (χ2v) is 5.37. The SMILES string of the molecule is CCn1ccnc(Sc2cc(Cl)ccc2Cl)c1=O. The zero-order valence-electron chi connectivity index (χ0n) is 9.56. The molecule has 6 heteroatoms. The van der Waals surface area contributed by atoms with Crippen LogP contribution in [0.15, 0.2) is 45.3 Å². The van der Waals surface area contributed by atoms with Crippen LogP contribution in [0, 0.1) is 0 Å². The van der Waals surface area contributed by atoms with Gasteiger partial charge >= 0.3 is 0 Å². The van der Waals surface area contributed by atoms with E-state index >= 15 is 0 Å². The molecule has 0 atom stereocenters. The van der Waals surface area contributed by atoms with Crippen LogP contribution in [0.1, 0.15) is 6.92 Å². The van der Waals surface area contributed by atoms with Crippen molar-refractivity contribution >= 4 is 35.0 Å². The molecule has 3 nitrogen and oxygen atoms in total. The number of aromatic nitrogens is 2. The summed E-state index contributed by atoms with van der Waals surface area (Å²) in [6.45, 7) is 2.51. The number of benzene rings is 1. The van der Waals surface area contributed by atoms with Crippen molar-refractivity contribution in [3.8, 4) is 0 Å². The fraction of sp³-hybridized carbons (Fsp3) is 0.167. The second kappa shape index (κ2) is 5.78. The number of hydrogen-bond acceptors (Lipinski definition) is 3. The summed E-state index contributed by atoms with van der Waals surface area (Å²) in [5.74, 6) is 0. The molecule has 0 aliphatic heterocycles. The Morgan fingerprint density at radius 1 is 1.39 bits per heavy atom. The smallest absolute Gasteiger partial charge is 0.283 e. The Hall–Kier alpha value is -0.970. The van der Waals surface area contributed by atoms with Crippen LogP contribution in [-0.2, 0) is 6.54 Å². The van der Waals surface area contributed by atoms with Crippen molar-refractivity contribution < 1.29 is 0 Å². The van der Waals surface area contributed by atoms with Crippen LogP contribution in [0.4, 0.5) is 0 Å². The van der Waals surface area contributed by atoms with Crippen LogP contribution in [0.3, 0.4) is 0 Å². The lowest BCUT2D eigenvalue weighted by molar-refractivity contribution is 0.692. The maximum atomic E-state index is 12.0. The van der Waals surface area contributed by atoms with E-state index in [2.05, 4.69) is 4.98 Å². The zero-order valence-corrected chi connectivity index (χ0v) is 11.9. The van der Waals surface area contributed by atoms with Gasteiger partial charge in [0, 0.05) is 28.9 Å². The van der Waals surface area contributed by atoms with Crippen LogP contribution < -0.4 is 5.56 Å². The maximum absolute atomic E-state index is 12.0. The van der Waals surface area contributed by atoms with E-state index < -0.39 is 0 Å². The van der Waals surface area contributed by atoms with Gasteiger partial charge in [-0.15, -0.1) is 0 Å². The highest BCUT2D eigenvalue weighted by Gasteiger charge is 2.09. The minimum atomic E-state index is -0.124. The van der Waals surface area contributed by atoms with E-state index in [4.69, 9.17) is 23.2 Å². The molecule has 0 aliphatic rings. The van der Waals surface area contributed by atoms with Crippen molar-refractivity contribution in [3.05, 3.63) is 51.0 Å². The van der Waals surface area contributed by atoms with E-state index in [-0.39, 0.29) is 5.56 Å². The Morgan fingerprint density at radius 2 is 2.17 bits per heavy atom. The minimum Gasteiger partial charge on any atom is -0.312 e. The van der Waals surface area contributed by atoms with E-state index in [0.717, 1.165) is 4.90 Å². The molecule has 0 aliphatic carbocycles. The molecule has 94 valence electrons. The van der Waals surface area contributed by atoms with Crippen molar-refractivity contribution in [2.75, 3.05) is 0 Å². The molecule has 0 unspecified atom stereocenters. The Kier molecular flexibility index (Phi) is 4.32. The summed E-state index contributed by atoms with van der Waals surface area (Å²) in [5, 5.41) is 1.52. The molecule has 0 amide bonds. The van der Waals surface area contributed by atoms with Crippen molar-refractivity contribution in [2.24, 2.45) is 0 Å². The van der Waals surface area contributed by atoms with E-state index in [1.165, 1.54) is 11.8 Å². The first kappa shape index (κ1) is 13.5. The monoisotopic (exact) mass is 300 g/mol. The third-order valence-electron chi connectivity index (χ3n) is 2.32. The summed E-state index contributed by atoms with van der Waals surface area (Å²) in [7, 11) is 0.